The highest BCUT2D eigenvalue weighted by atomic mass is 16.5. The number of carbonyl (C=O) groups excluding carboxylic acids is 3. The molecule has 2 aromatic carbocycles. The second kappa shape index (κ2) is 12.3. The number of anilines is 3. The van der Waals surface area contributed by atoms with Crippen LogP contribution in [0.1, 0.15) is 30.6 Å². The maximum absolute atomic E-state index is 12.2. The van der Waals surface area contributed by atoms with Crippen LogP contribution in [0.3, 0.4) is 0 Å². The highest BCUT2D eigenvalue weighted by molar-refractivity contribution is 5.98. The third-order valence-electron chi connectivity index (χ3n) is 4.22. The van der Waals surface area contributed by atoms with Crippen LogP contribution in [0.25, 0.3) is 0 Å². The number of hydrogen-bond acceptors (Lipinski definition) is 5. The van der Waals surface area contributed by atoms with Crippen LogP contribution in [-0.4, -0.2) is 44.5 Å². The molecule has 0 fully saturated rings. The summed E-state index contributed by atoms with van der Waals surface area (Å²) in [6.07, 6.45) is 0.468. The quantitative estimate of drug-likeness (QED) is 0.413. The minimum Gasteiger partial charge on any atom is -0.383 e. The van der Waals surface area contributed by atoms with E-state index in [9.17, 15) is 14.4 Å². The van der Waals surface area contributed by atoms with Gasteiger partial charge in [0.2, 0.25) is 11.8 Å². The highest BCUT2D eigenvalue weighted by Crippen LogP contribution is 2.15. The van der Waals surface area contributed by atoms with Gasteiger partial charge in [0, 0.05) is 42.7 Å². The molecule has 3 amide bonds. The minimum atomic E-state index is -0.244. The van der Waals surface area contributed by atoms with Crippen LogP contribution in [0.5, 0.6) is 0 Å². The minimum absolute atomic E-state index is 0.0234. The largest absolute Gasteiger partial charge is 0.383 e. The summed E-state index contributed by atoms with van der Waals surface area (Å²) in [5, 5.41) is 11.4. The average molecular weight is 427 g/mol. The maximum atomic E-state index is 12.2. The molecule has 0 unspecified atom stereocenters. The molecule has 0 saturated carbocycles. The zero-order valence-corrected chi connectivity index (χ0v) is 18.2. The molecule has 2 aromatic rings. The van der Waals surface area contributed by atoms with Gasteiger partial charge in [-0.1, -0.05) is 19.9 Å². The van der Waals surface area contributed by atoms with Gasteiger partial charge in [-0.25, -0.2) is 0 Å². The van der Waals surface area contributed by atoms with Gasteiger partial charge in [0.15, 0.2) is 0 Å². The standard InChI is InChI=1S/C23H30N4O4/c1-16(2)13-21(28)26-19-9-7-18(8-10-19)25-15-22(29)27-20-6-4-5-17(14-20)23(30)24-11-12-31-3/h4-10,14,16,25H,11-13,15H2,1-3H3,(H,24,30)(H,26,28)(H,27,29). The Labute approximate surface area is 182 Å². The van der Waals surface area contributed by atoms with Crippen LogP contribution in [0, 0.1) is 5.92 Å². The summed E-state index contributed by atoms with van der Waals surface area (Å²) in [5.41, 5.74) is 2.45. The van der Waals surface area contributed by atoms with E-state index >= 15 is 0 Å². The van der Waals surface area contributed by atoms with Crippen molar-refractivity contribution in [3.05, 3.63) is 54.1 Å². The van der Waals surface area contributed by atoms with Crippen LogP contribution in [0.2, 0.25) is 0 Å². The number of benzene rings is 2. The number of methoxy groups -OCH3 is 1. The molecule has 0 spiro atoms. The van der Waals surface area contributed by atoms with E-state index in [-0.39, 0.29) is 24.3 Å². The topological polar surface area (TPSA) is 109 Å². The van der Waals surface area contributed by atoms with Gasteiger partial charge in [0.05, 0.1) is 13.2 Å². The molecule has 0 aromatic heterocycles. The summed E-state index contributed by atoms with van der Waals surface area (Å²) in [5.74, 6) is -0.201. The lowest BCUT2D eigenvalue weighted by molar-refractivity contribution is -0.117. The third-order valence-corrected chi connectivity index (χ3v) is 4.22. The Morgan fingerprint density at radius 2 is 1.58 bits per heavy atom. The summed E-state index contributed by atoms with van der Waals surface area (Å²) < 4.78 is 4.91. The highest BCUT2D eigenvalue weighted by Gasteiger charge is 2.08. The van der Waals surface area contributed by atoms with Gasteiger partial charge in [0.1, 0.15) is 0 Å². The fourth-order valence-corrected chi connectivity index (χ4v) is 2.75. The van der Waals surface area contributed by atoms with Crippen LogP contribution in [-0.2, 0) is 14.3 Å². The van der Waals surface area contributed by atoms with Gasteiger partial charge in [-0.15, -0.1) is 0 Å². The summed E-state index contributed by atoms with van der Waals surface area (Å²) in [6, 6.07) is 13.9. The van der Waals surface area contributed by atoms with Crippen molar-refractivity contribution in [1.82, 2.24) is 5.32 Å². The third kappa shape index (κ3) is 8.88. The smallest absolute Gasteiger partial charge is 0.251 e. The molecule has 31 heavy (non-hydrogen) atoms. The molecule has 166 valence electrons. The van der Waals surface area contributed by atoms with E-state index < -0.39 is 0 Å². The van der Waals surface area contributed by atoms with Crippen LogP contribution in [0.4, 0.5) is 17.1 Å². The Kier molecular flexibility index (Phi) is 9.51. The summed E-state index contributed by atoms with van der Waals surface area (Å²) in [4.78, 5) is 36.2. The lowest BCUT2D eigenvalue weighted by Gasteiger charge is -2.11. The van der Waals surface area contributed by atoms with E-state index in [1.165, 1.54) is 0 Å². The molecule has 4 N–H and O–H groups in total. The first-order chi connectivity index (χ1) is 14.9. The molecule has 8 heteroatoms. The second-order valence-corrected chi connectivity index (χ2v) is 7.45. The van der Waals surface area contributed by atoms with E-state index in [0.29, 0.717) is 42.4 Å². The molecular formula is C23H30N4O4. The van der Waals surface area contributed by atoms with E-state index in [1.807, 2.05) is 13.8 Å². The van der Waals surface area contributed by atoms with E-state index in [1.54, 1.807) is 55.6 Å². The first-order valence-electron chi connectivity index (χ1n) is 10.2. The number of nitrogens with one attached hydrogen (secondary N) is 4. The van der Waals surface area contributed by atoms with Gasteiger partial charge >= 0.3 is 0 Å². The SMILES string of the molecule is COCCNC(=O)c1cccc(NC(=O)CNc2ccc(NC(=O)CC(C)C)cc2)c1. The lowest BCUT2D eigenvalue weighted by Crippen LogP contribution is -2.27. The predicted molar refractivity (Wildman–Crippen MR) is 122 cm³/mol. The van der Waals surface area contributed by atoms with Crippen molar-refractivity contribution >= 4 is 34.8 Å². The van der Waals surface area contributed by atoms with Gasteiger partial charge in [-0.3, -0.25) is 14.4 Å². The maximum Gasteiger partial charge on any atom is 0.251 e. The van der Waals surface area contributed by atoms with E-state index in [2.05, 4.69) is 21.3 Å². The molecule has 0 aliphatic heterocycles. The Morgan fingerprint density at radius 1 is 0.903 bits per heavy atom. The van der Waals surface area contributed by atoms with Crippen molar-refractivity contribution in [1.29, 1.82) is 0 Å². The zero-order valence-electron chi connectivity index (χ0n) is 18.2. The van der Waals surface area contributed by atoms with Crippen molar-refractivity contribution in [2.24, 2.45) is 5.92 Å². The van der Waals surface area contributed by atoms with Gasteiger partial charge in [-0.2, -0.15) is 0 Å². The molecular weight excluding hydrogens is 396 g/mol. The van der Waals surface area contributed by atoms with Gasteiger partial charge in [0.25, 0.3) is 5.91 Å². The van der Waals surface area contributed by atoms with Gasteiger partial charge in [-0.05, 0) is 48.4 Å². The Morgan fingerprint density at radius 3 is 2.26 bits per heavy atom. The number of carbonyl (C=O) groups is 3. The van der Waals surface area contributed by atoms with Crippen molar-refractivity contribution in [3.63, 3.8) is 0 Å². The molecule has 0 bridgehead atoms. The van der Waals surface area contributed by atoms with Crippen molar-refractivity contribution in [2.45, 2.75) is 20.3 Å². The summed E-state index contributed by atoms with van der Waals surface area (Å²) in [7, 11) is 1.57. The second-order valence-electron chi connectivity index (χ2n) is 7.45. The predicted octanol–water partition coefficient (Wildman–Crippen LogP) is 3.10. The number of hydrogen-bond donors (Lipinski definition) is 4. The van der Waals surface area contributed by atoms with Crippen molar-refractivity contribution < 1.29 is 19.1 Å². The van der Waals surface area contributed by atoms with Crippen LogP contribution in [0.15, 0.2) is 48.5 Å². The van der Waals surface area contributed by atoms with Crippen molar-refractivity contribution in [3.8, 4) is 0 Å². The van der Waals surface area contributed by atoms with Crippen molar-refractivity contribution in [2.75, 3.05) is 42.8 Å². The molecule has 0 aliphatic carbocycles. The first kappa shape index (κ1) is 23.9. The number of amides is 3. The number of ether oxygens (including phenoxy) is 1. The van der Waals surface area contributed by atoms with E-state index in [4.69, 9.17) is 4.74 Å². The summed E-state index contributed by atoms with van der Waals surface area (Å²) >= 11 is 0. The first-order valence-corrected chi connectivity index (χ1v) is 10.2. The fourth-order valence-electron chi connectivity index (χ4n) is 2.75. The summed E-state index contributed by atoms with van der Waals surface area (Å²) in [6.45, 7) is 4.88. The van der Waals surface area contributed by atoms with Crippen LogP contribution >= 0.6 is 0 Å². The Hall–Kier alpha value is -3.39. The van der Waals surface area contributed by atoms with Gasteiger partial charge < -0.3 is 26.0 Å². The molecule has 0 saturated heterocycles. The normalized spacial score (nSPS) is 10.5. The number of rotatable bonds is 11. The lowest BCUT2D eigenvalue weighted by atomic mass is 10.1. The molecule has 0 heterocycles. The average Bonchev–Trinajstić information content (AvgIpc) is 2.73. The molecule has 0 aliphatic rings. The zero-order chi connectivity index (χ0) is 22.6. The molecule has 0 atom stereocenters. The van der Waals surface area contributed by atoms with Crippen LogP contribution < -0.4 is 21.3 Å². The molecule has 8 nitrogen and oxygen atoms in total. The fraction of sp³-hybridized carbons (Fsp3) is 0.348. The molecule has 2 rings (SSSR count). The monoisotopic (exact) mass is 426 g/mol. The Bertz CT molecular complexity index is 881. The Balaban J connectivity index is 1.82. The molecule has 0 radical (unpaired) electrons. The van der Waals surface area contributed by atoms with E-state index in [0.717, 1.165) is 5.69 Å².